The van der Waals surface area contributed by atoms with Gasteiger partial charge in [0.05, 0.1) is 6.42 Å². The molecule has 0 saturated carbocycles. The molecule has 0 fully saturated rings. The fraction of sp³-hybridized carbons (Fsp3) is 0.200. The molecule has 1 radical (unpaired) electrons. The standard InChI is InChI=1S/C10H9FO2.Cu/c1-7(12)6-10(13)8-2-4-9(11)5-3-8;/h2-5H,6H2,1H3;. The van der Waals surface area contributed by atoms with Crippen LogP contribution in [0, 0.1) is 5.82 Å². The van der Waals surface area contributed by atoms with Gasteiger partial charge in [0.2, 0.25) is 0 Å². The Balaban J connectivity index is 0.00000169. The Labute approximate surface area is 92.0 Å². The Morgan fingerprint density at radius 2 is 1.71 bits per heavy atom. The van der Waals surface area contributed by atoms with Crippen LogP contribution in [0.5, 0.6) is 0 Å². The van der Waals surface area contributed by atoms with Gasteiger partial charge in [0, 0.05) is 22.6 Å². The van der Waals surface area contributed by atoms with E-state index in [1.807, 2.05) is 0 Å². The molecule has 0 saturated heterocycles. The van der Waals surface area contributed by atoms with Gasteiger partial charge in [0.1, 0.15) is 11.6 Å². The predicted molar refractivity (Wildman–Crippen MR) is 46.0 cm³/mol. The van der Waals surface area contributed by atoms with E-state index in [0.717, 1.165) is 0 Å². The molecule has 1 aromatic rings. The van der Waals surface area contributed by atoms with E-state index >= 15 is 0 Å². The summed E-state index contributed by atoms with van der Waals surface area (Å²) in [6.07, 6.45) is -0.119. The van der Waals surface area contributed by atoms with Crippen LogP contribution in [-0.2, 0) is 21.9 Å². The van der Waals surface area contributed by atoms with Crippen molar-refractivity contribution in [3.8, 4) is 0 Å². The number of halogens is 1. The largest absolute Gasteiger partial charge is 0.300 e. The Hall–Kier alpha value is -0.991. The molecule has 14 heavy (non-hydrogen) atoms. The van der Waals surface area contributed by atoms with Crippen molar-refractivity contribution in [1.29, 1.82) is 0 Å². The maximum Gasteiger partial charge on any atom is 0.170 e. The van der Waals surface area contributed by atoms with Crippen LogP contribution in [0.15, 0.2) is 24.3 Å². The van der Waals surface area contributed by atoms with E-state index in [4.69, 9.17) is 0 Å². The first-order valence-corrected chi connectivity index (χ1v) is 3.88. The van der Waals surface area contributed by atoms with E-state index in [9.17, 15) is 14.0 Å². The molecule has 79 valence electrons. The molecule has 0 aliphatic heterocycles. The minimum atomic E-state index is -0.389. The van der Waals surface area contributed by atoms with E-state index in [0.29, 0.717) is 5.56 Å². The molecule has 2 nitrogen and oxygen atoms in total. The number of carbonyl (C=O) groups is 2. The van der Waals surface area contributed by atoms with Gasteiger partial charge in [-0.05, 0) is 31.2 Å². The molecule has 0 aliphatic carbocycles. The van der Waals surface area contributed by atoms with Crippen LogP contribution in [0.4, 0.5) is 4.39 Å². The van der Waals surface area contributed by atoms with E-state index < -0.39 is 0 Å². The fourth-order valence-corrected chi connectivity index (χ4v) is 0.964. The molecule has 0 aromatic heterocycles. The fourth-order valence-electron chi connectivity index (χ4n) is 0.964. The second kappa shape index (κ2) is 5.68. The third-order valence-corrected chi connectivity index (χ3v) is 1.58. The molecule has 1 aromatic carbocycles. The summed E-state index contributed by atoms with van der Waals surface area (Å²) >= 11 is 0. The summed E-state index contributed by atoms with van der Waals surface area (Å²) in [6.45, 7) is 1.35. The van der Waals surface area contributed by atoms with Crippen molar-refractivity contribution in [2.45, 2.75) is 13.3 Å². The minimum absolute atomic E-state index is 0. The van der Waals surface area contributed by atoms with E-state index in [-0.39, 0.29) is 40.9 Å². The first kappa shape index (κ1) is 13.0. The van der Waals surface area contributed by atoms with Gasteiger partial charge in [-0.3, -0.25) is 9.59 Å². The van der Waals surface area contributed by atoms with Crippen molar-refractivity contribution in [1.82, 2.24) is 0 Å². The van der Waals surface area contributed by atoms with Gasteiger partial charge in [-0.1, -0.05) is 0 Å². The molecule has 0 unspecified atom stereocenters. The average Bonchev–Trinajstić information content (AvgIpc) is 2.04. The Bertz CT molecular complexity index is 332. The number of ketones is 2. The zero-order chi connectivity index (χ0) is 9.84. The van der Waals surface area contributed by atoms with Gasteiger partial charge in [0.15, 0.2) is 5.78 Å². The molecule has 4 heteroatoms. The van der Waals surface area contributed by atoms with Gasteiger partial charge < -0.3 is 0 Å². The molecular formula is C10H9CuFO2. The summed E-state index contributed by atoms with van der Waals surface area (Å²) in [6, 6.07) is 5.15. The molecule has 0 atom stereocenters. The molecular weight excluding hydrogens is 235 g/mol. The third kappa shape index (κ3) is 3.81. The number of rotatable bonds is 3. The smallest absolute Gasteiger partial charge is 0.170 e. The van der Waals surface area contributed by atoms with Crippen molar-refractivity contribution in [3.63, 3.8) is 0 Å². The van der Waals surface area contributed by atoms with Crippen LogP contribution in [0.1, 0.15) is 23.7 Å². The number of Topliss-reactive ketones (excluding diaryl/α,β-unsaturated/α-hetero) is 2. The van der Waals surface area contributed by atoms with Gasteiger partial charge in [0.25, 0.3) is 0 Å². The first-order chi connectivity index (χ1) is 6.09. The van der Waals surface area contributed by atoms with Gasteiger partial charge in [-0.25, -0.2) is 4.39 Å². The SMILES string of the molecule is CC(=O)CC(=O)c1ccc(F)cc1.[Cu]. The number of hydrogen-bond donors (Lipinski definition) is 0. The van der Waals surface area contributed by atoms with Gasteiger partial charge >= 0.3 is 0 Å². The predicted octanol–water partition coefficient (Wildman–Crippen LogP) is 1.99. The Morgan fingerprint density at radius 3 is 2.14 bits per heavy atom. The zero-order valence-corrected chi connectivity index (χ0v) is 8.45. The van der Waals surface area contributed by atoms with Crippen molar-refractivity contribution in [3.05, 3.63) is 35.6 Å². The number of hydrogen-bond acceptors (Lipinski definition) is 2. The molecule has 1 rings (SSSR count). The average molecular weight is 244 g/mol. The summed E-state index contributed by atoms with van der Waals surface area (Å²) < 4.78 is 12.4. The monoisotopic (exact) mass is 243 g/mol. The maximum atomic E-state index is 12.4. The van der Waals surface area contributed by atoms with E-state index in [2.05, 4.69) is 0 Å². The Morgan fingerprint density at radius 1 is 1.21 bits per heavy atom. The van der Waals surface area contributed by atoms with Crippen LogP contribution < -0.4 is 0 Å². The first-order valence-electron chi connectivity index (χ1n) is 3.88. The van der Waals surface area contributed by atoms with Crippen LogP contribution in [-0.4, -0.2) is 11.6 Å². The van der Waals surface area contributed by atoms with Crippen molar-refractivity contribution in [2.24, 2.45) is 0 Å². The molecule has 0 heterocycles. The van der Waals surface area contributed by atoms with Crippen molar-refractivity contribution < 1.29 is 31.0 Å². The second-order valence-electron chi connectivity index (χ2n) is 2.81. The molecule has 0 spiro atoms. The molecule has 0 N–H and O–H groups in total. The zero-order valence-electron chi connectivity index (χ0n) is 7.51. The van der Waals surface area contributed by atoms with Crippen LogP contribution in [0.3, 0.4) is 0 Å². The van der Waals surface area contributed by atoms with Gasteiger partial charge in [-0.15, -0.1) is 0 Å². The summed E-state index contributed by atoms with van der Waals surface area (Å²) in [4.78, 5) is 21.8. The normalized spacial score (nSPS) is 9.00. The van der Waals surface area contributed by atoms with E-state index in [1.54, 1.807) is 0 Å². The molecule has 0 bridgehead atoms. The molecule has 0 amide bonds. The Kier molecular flexibility index (Phi) is 5.28. The summed E-state index contributed by atoms with van der Waals surface area (Å²) in [5.41, 5.74) is 0.372. The van der Waals surface area contributed by atoms with Crippen LogP contribution in [0.25, 0.3) is 0 Å². The van der Waals surface area contributed by atoms with Gasteiger partial charge in [-0.2, -0.15) is 0 Å². The quantitative estimate of drug-likeness (QED) is 0.462. The number of carbonyl (C=O) groups excluding carboxylic acids is 2. The molecule has 0 aliphatic rings. The summed E-state index contributed by atoms with van der Waals surface area (Å²) in [5.74, 6) is -0.846. The third-order valence-electron chi connectivity index (χ3n) is 1.58. The topological polar surface area (TPSA) is 34.1 Å². The second-order valence-corrected chi connectivity index (χ2v) is 2.81. The minimum Gasteiger partial charge on any atom is -0.300 e. The summed E-state index contributed by atoms with van der Waals surface area (Å²) in [5, 5.41) is 0. The number of benzene rings is 1. The summed E-state index contributed by atoms with van der Waals surface area (Å²) in [7, 11) is 0. The van der Waals surface area contributed by atoms with Crippen molar-refractivity contribution in [2.75, 3.05) is 0 Å². The maximum absolute atomic E-state index is 12.4. The van der Waals surface area contributed by atoms with Crippen LogP contribution >= 0.6 is 0 Å². The van der Waals surface area contributed by atoms with Crippen LogP contribution in [0.2, 0.25) is 0 Å². The van der Waals surface area contributed by atoms with Crippen molar-refractivity contribution >= 4 is 11.6 Å². The van der Waals surface area contributed by atoms with E-state index in [1.165, 1.54) is 31.2 Å².